The average molecular weight is 454 g/mol. The van der Waals surface area contributed by atoms with E-state index in [0.717, 1.165) is 19.3 Å². The quantitative estimate of drug-likeness (QED) is 0.544. The van der Waals surface area contributed by atoms with Crippen LogP contribution in [0.5, 0.6) is 0 Å². The van der Waals surface area contributed by atoms with Gasteiger partial charge >= 0.3 is 12.1 Å². The molecule has 32 heavy (non-hydrogen) atoms. The molecule has 0 bridgehead atoms. The van der Waals surface area contributed by atoms with Crippen LogP contribution in [0, 0.1) is 17.8 Å². The minimum atomic E-state index is -0.924. The van der Waals surface area contributed by atoms with Crippen molar-refractivity contribution in [2.45, 2.75) is 90.8 Å². The number of hydrogen-bond acceptors (Lipinski definition) is 5. The Hall–Kier alpha value is -2.32. The van der Waals surface area contributed by atoms with E-state index in [1.54, 1.807) is 20.8 Å². The minimum Gasteiger partial charge on any atom is -0.480 e. The Morgan fingerprint density at radius 3 is 2.22 bits per heavy atom. The first-order chi connectivity index (χ1) is 14.9. The van der Waals surface area contributed by atoms with Crippen LogP contribution in [0.2, 0.25) is 0 Å². The van der Waals surface area contributed by atoms with E-state index in [4.69, 9.17) is 4.74 Å². The van der Waals surface area contributed by atoms with Gasteiger partial charge in [-0.15, -0.1) is 0 Å². The van der Waals surface area contributed by atoms with Gasteiger partial charge in [0.1, 0.15) is 17.7 Å². The lowest BCUT2D eigenvalue weighted by Crippen LogP contribution is -2.51. The number of carbonyl (C=O) groups excluding carboxylic acids is 3. The number of hydrogen-bond donors (Lipinski definition) is 3. The molecule has 2 aliphatic rings. The van der Waals surface area contributed by atoms with Crippen LogP contribution in [-0.4, -0.2) is 64.7 Å². The van der Waals surface area contributed by atoms with Crippen LogP contribution >= 0.6 is 0 Å². The molecule has 1 aliphatic heterocycles. The van der Waals surface area contributed by atoms with E-state index in [0.29, 0.717) is 32.4 Å². The first kappa shape index (κ1) is 25.9. The standard InChI is InChI=1S/C23H39N3O6/c1-14(2)18(25-22(31)32-23(3,4)5)19(27)24-13-15-8-10-16(11-9-15)20(28)26-12-6-7-17(26)21(29)30/h14-18H,6-13H2,1-5H3,(H,24,27)(H,25,31)(H,29,30)/t15?,16?,17-,18-/m0/s1. The van der Waals surface area contributed by atoms with E-state index >= 15 is 0 Å². The number of amides is 3. The first-order valence-electron chi connectivity index (χ1n) is 11.7. The van der Waals surface area contributed by atoms with Gasteiger partial charge in [0.15, 0.2) is 0 Å². The van der Waals surface area contributed by atoms with Gasteiger partial charge in [-0.2, -0.15) is 0 Å². The fourth-order valence-electron chi connectivity index (χ4n) is 4.46. The molecule has 0 aromatic carbocycles. The molecule has 1 saturated carbocycles. The number of likely N-dealkylation sites (tertiary alicyclic amines) is 1. The van der Waals surface area contributed by atoms with E-state index in [1.165, 1.54) is 4.90 Å². The third-order valence-electron chi connectivity index (χ3n) is 6.20. The highest BCUT2D eigenvalue weighted by atomic mass is 16.6. The summed E-state index contributed by atoms with van der Waals surface area (Å²) in [5.41, 5.74) is -0.641. The van der Waals surface area contributed by atoms with Crippen molar-refractivity contribution in [1.82, 2.24) is 15.5 Å². The Bertz CT molecular complexity index is 694. The average Bonchev–Trinajstić information content (AvgIpc) is 3.19. The van der Waals surface area contributed by atoms with Gasteiger partial charge in [0.2, 0.25) is 11.8 Å². The lowest BCUT2D eigenvalue weighted by Gasteiger charge is -2.32. The van der Waals surface area contributed by atoms with E-state index in [1.807, 2.05) is 13.8 Å². The molecule has 0 aromatic heterocycles. The number of rotatable bonds is 7. The van der Waals surface area contributed by atoms with Gasteiger partial charge in [-0.05, 0) is 71.1 Å². The fraction of sp³-hybridized carbons (Fsp3) is 0.826. The Morgan fingerprint density at radius 2 is 1.69 bits per heavy atom. The Labute approximate surface area is 190 Å². The summed E-state index contributed by atoms with van der Waals surface area (Å²) in [5, 5.41) is 14.9. The van der Waals surface area contributed by atoms with Crippen molar-refractivity contribution in [3.63, 3.8) is 0 Å². The topological polar surface area (TPSA) is 125 Å². The largest absolute Gasteiger partial charge is 0.480 e. The molecule has 182 valence electrons. The number of carboxylic acids is 1. The molecule has 2 rings (SSSR count). The maximum absolute atomic E-state index is 12.8. The highest BCUT2D eigenvalue weighted by Gasteiger charge is 2.38. The molecule has 1 aliphatic carbocycles. The van der Waals surface area contributed by atoms with Gasteiger partial charge in [0.05, 0.1) is 0 Å². The molecule has 2 atom stereocenters. The summed E-state index contributed by atoms with van der Waals surface area (Å²) in [4.78, 5) is 50.4. The summed E-state index contributed by atoms with van der Waals surface area (Å²) in [6, 6.07) is -1.38. The van der Waals surface area contributed by atoms with Crippen LogP contribution < -0.4 is 10.6 Å². The zero-order valence-electron chi connectivity index (χ0n) is 20.0. The van der Waals surface area contributed by atoms with Crippen LogP contribution in [0.4, 0.5) is 4.79 Å². The second kappa shape index (κ2) is 11.0. The van der Waals surface area contributed by atoms with Crippen LogP contribution in [-0.2, 0) is 19.1 Å². The zero-order chi connectivity index (χ0) is 24.1. The lowest BCUT2D eigenvalue weighted by molar-refractivity contribution is -0.150. The second-order valence-corrected chi connectivity index (χ2v) is 10.4. The molecule has 9 nitrogen and oxygen atoms in total. The summed E-state index contributed by atoms with van der Waals surface area (Å²) < 4.78 is 5.26. The molecule has 0 unspecified atom stereocenters. The van der Waals surface area contributed by atoms with Crippen molar-refractivity contribution in [2.75, 3.05) is 13.1 Å². The second-order valence-electron chi connectivity index (χ2n) is 10.4. The number of ether oxygens (including phenoxy) is 1. The number of carbonyl (C=O) groups is 4. The first-order valence-corrected chi connectivity index (χ1v) is 11.7. The molecule has 0 aromatic rings. The molecule has 3 amide bonds. The van der Waals surface area contributed by atoms with E-state index in [2.05, 4.69) is 10.6 Å². The molecule has 2 fully saturated rings. The third kappa shape index (κ3) is 7.38. The fourth-order valence-corrected chi connectivity index (χ4v) is 4.46. The van der Waals surface area contributed by atoms with Crippen molar-refractivity contribution in [2.24, 2.45) is 17.8 Å². The summed E-state index contributed by atoms with van der Waals surface area (Å²) >= 11 is 0. The Morgan fingerprint density at radius 1 is 1.06 bits per heavy atom. The minimum absolute atomic E-state index is 0.0428. The molecule has 1 heterocycles. The summed E-state index contributed by atoms with van der Waals surface area (Å²) in [7, 11) is 0. The molecule has 3 N–H and O–H groups in total. The monoisotopic (exact) mass is 453 g/mol. The van der Waals surface area contributed by atoms with Crippen molar-refractivity contribution in [3.8, 4) is 0 Å². The van der Waals surface area contributed by atoms with Crippen LogP contribution in [0.3, 0.4) is 0 Å². The van der Waals surface area contributed by atoms with Crippen LogP contribution in [0.25, 0.3) is 0 Å². The summed E-state index contributed by atoms with van der Waals surface area (Å²) in [6.45, 7) is 10.0. The van der Waals surface area contributed by atoms with E-state index in [9.17, 15) is 24.3 Å². The van der Waals surface area contributed by atoms with Gasteiger partial charge in [-0.25, -0.2) is 9.59 Å². The van der Waals surface area contributed by atoms with E-state index in [-0.39, 0.29) is 29.6 Å². The van der Waals surface area contributed by atoms with Gasteiger partial charge in [0.25, 0.3) is 0 Å². The van der Waals surface area contributed by atoms with Crippen LogP contribution in [0.1, 0.15) is 73.1 Å². The SMILES string of the molecule is CC(C)[C@H](NC(=O)OC(C)(C)C)C(=O)NCC1CCC(C(=O)N2CCC[C@H]2C(=O)O)CC1. The van der Waals surface area contributed by atoms with E-state index < -0.39 is 29.7 Å². The maximum atomic E-state index is 12.8. The molecule has 0 spiro atoms. The molecule has 0 radical (unpaired) electrons. The van der Waals surface area contributed by atoms with Crippen molar-refractivity contribution < 1.29 is 29.0 Å². The van der Waals surface area contributed by atoms with Crippen molar-refractivity contribution in [1.29, 1.82) is 0 Å². The van der Waals surface area contributed by atoms with Crippen molar-refractivity contribution >= 4 is 23.9 Å². The predicted molar refractivity (Wildman–Crippen MR) is 119 cm³/mol. The smallest absolute Gasteiger partial charge is 0.408 e. The van der Waals surface area contributed by atoms with Gasteiger partial charge < -0.3 is 25.4 Å². The Kier molecular flexibility index (Phi) is 8.92. The summed E-state index contributed by atoms with van der Waals surface area (Å²) in [5.74, 6) is -1.19. The van der Waals surface area contributed by atoms with Crippen molar-refractivity contribution in [3.05, 3.63) is 0 Å². The molecule has 1 saturated heterocycles. The lowest BCUT2D eigenvalue weighted by atomic mass is 9.81. The van der Waals surface area contributed by atoms with Gasteiger partial charge in [-0.3, -0.25) is 9.59 Å². The normalized spacial score (nSPS) is 24.7. The highest BCUT2D eigenvalue weighted by molar-refractivity contribution is 5.86. The highest BCUT2D eigenvalue weighted by Crippen LogP contribution is 2.32. The predicted octanol–water partition coefficient (Wildman–Crippen LogP) is 2.53. The number of nitrogens with one attached hydrogen (secondary N) is 2. The van der Waals surface area contributed by atoms with Gasteiger partial charge in [0, 0.05) is 19.0 Å². The van der Waals surface area contributed by atoms with Gasteiger partial charge in [-0.1, -0.05) is 13.8 Å². The maximum Gasteiger partial charge on any atom is 0.408 e. The Balaban J connectivity index is 1.80. The molecular weight excluding hydrogens is 414 g/mol. The van der Waals surface area contributed by atoms with Crippen LogP contribution in [0.15, 0.2) is 0 Å². The number of nitrogens with zero attached hydrogens (tertiary/aromatic N) is 1. The number of alkyl carbamates (subject to hydrolysis) is 1. The number of carboxylic acid groups (broad SMARTS) is 1. The zero-order valence-corrected chi connectivity index (χ0v) is 20.0. The molecular formula is C23H39N3O6. The molecule has 9 heteroatoms. The number of aliphatic carboxylic acids is 1. The summed E-state index contributed by atoms with van der Waals surface area (Å²) in [6.07, 6.45) is 3.64. The third-order valence-corrected chi connectivity index (χ3v) is 6.20.